The Morgan fingerprint density at radius 3 is 2.55 bits per heavy atom. The zero-order valence-corrected chi connectivity index (χ0v) is 23.2. The number of hydrogen-bond donors (Lipinski definition) is 1. The summed E-state index contributed by atoms with van der Waals surface area (Å²) in [4.78, 5) is 33.9. The quantitative estimate of drug-likeness (QED) is 0.485. The maximum absolute atomic E-state index is 13.3. The lowest BCUT2D eigenvalue weighted by atomic mass is 9.88. The largest absolute Gasteiger partial charge is 0.474 e. The fraction of sp³-hybridized carbons (Fsp3) is 0.483. The number of ether oxygens (including phenoxy) is 1. The van der Waals surface area contributed by atoms with Crippen molar-refractivity contribution in [1.29, 1.82) is 0 Å². The third kappa shape index (κ3) is 4.85. The van der Waals surface area contributed by atoms with Crippen LogP contribution in [0.2, 0.25) is 0 Å². The fourth-order valence-corrected chi connectivity index (χ4v) is 6.48. The van der Waals surface area contributed by atoms with Gasteiger partial charge in [-0.1, -0.05) is 13.0 Å². The van der Waals surface area contributed by atoms with Crippen molar-refractivity contribution >= 4 is 22.8 Å². The second kappa shape index (κ2) is 9.54. The van der Waals surface area contributed by atoms with Crippen molar-refractivity contribution in [3.8, 4) is 16.7 Å². The molecule has 3 aromatic rings. The molecule has 1 saturated heterocycles. The number of nitrogens with zero attached hydrogens (tertiary/aromatic N) is 5. The number of aromatic nitrogens is 4. The van der Waals surface area contributed by atoms with E-state index < -0.39 is 5.54 Å². The third-order valence-corrected chi connectivity index (χ3v) is 9.10. The van der Waals surface area contributed by atoms with E-state index in [0.717, 1.165) is 29.8 Å². The van der Waals surface area contributed by atoms with Crippen molar-refractivity contribution in [3.63, 3.8) is 0 Å². The van der Waals surface area contributed by atoms with Gasteiger partial charge >= 0.3 is 0 Å². The number of nitrogens with two attached hydrogens (primary N) is 1. The number of aryl methyl sites for hydroxylation is 1. The Morgan fingerprint density at radius 2 is 1.89 bits per heavy atom. The van der Waals surface area contributed by atoms with E-state index in [4.69, 9.17) is 15.5 Å². The molecule has 0 radical (unpaired) electrons. The zero-order valence-electron chi connectivity index (χ0n) is 22.3. The first-order chi connectivity index (χ1) is 18.2. The van der Waals surface area contributed by atoms with Crippen molar-refractivity contribution in [2.45, 2.75) is 58.6 Å². The van der Waals surface area contributed by atoms with Crippen LogP contribution in [-0.2, 0) is 5.54 Å². The predicted molar refractivity (Wildman–Crippen MR) is 148 cm³/mol. The minimum atomic E-state index is -0.489. The molecule has 1 saturated carbocycles. The molecule has 3 aromatic heterocycles. The molecule has 6 rings (SSSR count). The van der Waals surface area contributed by atoms with Gasteiger partial charge in [-0.3, -0.25) is 4.79 Å². The number of likely N-dealkylation sites (tertiary alicyclic amines) is 1. The molecular weight excluding hydrogens is 496 g/mol. The first-order valence-corrected chi connectivity index (χ1v) is 14.2. The highest BCUT2D eigenvalue weighted by Crippen LogP contribution is 2.48. The molecule has 0 aromatic carbocycles. The number of amides is 1. The van der Waals surface area contributed by atoms with E-state index in [1.54, 1.807) is 18.5 Å². The molecule has 38 heavy (non-hydrogen) atoms. The zero-order chi connectivity index (χ0) is 26.6. The summed E-state index contributed by atoms with van der Waals surface area (Å²) in [6.07, 6.45) is 9.05. The number of fused-ring (bicyclic) bond motifs is 1. The van der Waals surface area contributed by atoms with Crippen molar-refractivity contribution in [3.05, 3.63) is 58.5 Å². The molecule has 8 nitrogen and oxygen atoms in total. The highest BCUT2D eigenvalue weighted by atomic mass is 32.1. The summed E-state index contributed by atoms with van der Waals surface area (Å²) in [6, 6.07) is 5.87. The molecule has 2 aliphatic carbocycles. The van der Waals surface area contributed by atoms with Crippen LogP contribution in [0.25, 0.3) is 16.4 Å². The fourth-order valence-electron chi connectivity index (χ4n) is 5.50. The molecular formula is C29H34N6O2S. The van der Waals surface area contributed by atoms with Crippen molar-refractivity contribution in [2.24, 2.45) is 23.5 Å². The van der Waals surface area contributed by atoms with Crippen molar-refractivity contribution in [2.75, 3.05) is 13.1 Å². The van der Waals surface area contributed by atoms with E-state index in [2.05, 4.69) is 34.0 Å². The monoisotopic (exact) mass is 530 g/mol. The van der Waals surface area contributed by atoms with Gasteiger partial charge in [-0.05, 0) is 69.2 Å². The minimum absolute atomic E-state index is 0.0267. The maximum Gasteiger partial charge on any atom is 0.265 e. The lowest BCUT2D eigenvalue weighted by molar-refractivity contribution is 0.0755. The van der Waals surface area contributed by atoms with Gasteiger partial charge in [-0.25, -0.2) is 19.9 Å². The summed E-state index contributed by atoms with van der Waals surface area (Å²) in [5, 5.41) is 0.671. The second-order valence-corrected chi connectivity index (χ2v) is 12.5. The first-order valence-electron chi connectivity index (χ1n) is 13.4. The molecule has 0 spiro atoms. The van der Waals surface area contributed by atoms with Crippen LogP contribution in [0.3, 0.4) is 0 Å². The molecule has 3 aliphatic rings. The number of hydrogen-bond acceptors (Lipinski definition) is 8. The number of allylic oxidation sites excluding steroid dienone is 2. The third-order valence-electron chi connectivity index (χ3n) is 7.96. The maximum atomic E-state index is 13.3. The molecule has 2 fully saturated rings. The standard InChI is InChI=1S/C29H34N6O2S/c1-16-6-8-18(9-7-16)22-12-19(29(3,4)30)13-23(34-22)37-24-20-14-35(15-21(20)24)28(36)25-17(2)33-27(38-25)26-31-10-5-11-32-26/h5,8,10-13,16,20-21,24H,6-7,9,14-15,30H2,1-4H3. The van der Waals surface area contributed by atoms with E-state index in [-0.39, 0.29) is 12.0 Å². The molecule has 1 aliphatic heterocycles. The van der Waals surface area contributed by atoms with Gasteiger partial charge in [-0.2, -0.15) is 0 Å². The molecule has 4 heterocycles. The molecule has 0 bridgehead atoms. The smallest absolute Gasteiger partial charge is 0.265 e. The average molecular weight is 531 g/mol. The SMILES string of the molecule is Cc1nc(-c2ncccn2)sc1C(=O)N1CC2C(C1)C2Oc1cc(C(C)(C)N)cc(C2=CCC(C)CC2)n1. The van der Waals surface area contributed by atoms with Crippen LogP contribution in [0.5, 0.6) is 5.88 Å². The van der Waals surface area contributed by atoms with Gasteiger partial charge in [0, 0.05) is 48.9 Å². The Balaban J connectivity index is 1.14. The minimum Gasteiger partial charge on any atom is -0.474 e. The molecule has 3 atom stereocenters. The number of piperidine rings is 1. The van der Waals surface area contributed by atoms with E-state index in [1.165, 1.54) is 23.3 Å². The molecule has 2 N–H and O–H groups in total. The second-order valence-electron chi connectivity index (χ2n) is 11.5. The number of rotatable bonds is 6. The van der Waals surface area contributed by atoms with Gasteiger partial charge in [0.15, 0.2) is 10.8 Å². The lowest BCUT2D eigenvalue weighted by Gasteiger charge is -2.24. The molecule has 3 unspecified atom stereocenters. The Kier molecular flexibility index (Phi) is 6.31. The summed E-state index contributed by atoms with van der Waals surface area (Å²) in [5.74, 6) is 2.56. The van der Waals surface area contributed by atoms with Gasteiger partial charge in [0.05, 0.1) is 11.4 Å². The summed E-state index contributed by atoms with van der Waals surface area (Å²) >= 11 is 1.36. The number of pyridine rings is 1. The van der Waals surface area contributed by atoms with E-state index in [1.807, 2.05) is 31.7 Å². The molecule has 9 heteroatoms. The summed E-state index contributed by atoms with van der Waals surface area (Å²) in [6.45, 7) is 9.55. The number of carbonyl (C=O) groups is 1. The Morgan fingerprint density at radius 1 is 1.16 bits per heavy atom. The summed E-state index contributed by atoms with van der Waals surface area (Å²) in [5.41, 5.74) is 10.0. The van der Waals surface area contributed by atoms with Crippen molar-refractivity contribution in [1.82, 2.24) is 24.8 Å². The Hall–Kier alpha value is -3.17. The van der Waals surface area contributed by atoms with Gasteiger partial charge < -0.3 is 15.4 Å². The van der Waals surface area contributed by atoms with E-state index >= 15 is 0 Å². The highest BCUT2D eigenvalue weighted by molar-refractivity contribution is 7.17. The number of carbonyl (C=O) groups excluding carboxylic acids is 1. The summed E-state index contributed by atoms with van der Waals surface area (Å²) < 4.78 is 6.44. The molecule has 198 valence electrons. The van der Waals surface area contributed by atoms with E-state index in [9.17, 15) is 4.79 Å². The predicted octanol–water partition coefficient (Wildman–Crippen LogP) is 4.85. The normalized spacial score (nSPS) is 24.7. The summed E-state index contributed by atoms with van der Waals surface area (Å²) in [7, 11) is 0. The van der Waals surface area contributed by atoms with E-state index in [0.29, 0.717) is 52.4 Å². The van der Waals surface area contributed by atoms with Crippen LogP contribution < -0.4 is 10.5 Å². The topological polar surface area (TPSA) is 107 Å². The van der Waals surface area contributed by atoms with Crippen molar-refractivity contribution < 1.29 is 9.53 Å². The van der Waals surface area contributed by atoms with Crippen LogP contribution in [-0.4, -0.2) is 49.9 Å². The van der Waals surface area contributed by atoms with Crippen LogP contribution in [0.15, 0.2) is 36.7 Å². The molecule has 1 amide bonds. The lowest BCUT2D eigenvalue weighted by Crippen LogP contribution is -2.33. The van der Waals surface area contributed by atoms with Gasteiger partial charge in [0.1, 0.15) is 11.0 Å². The van der Waals surface area contributed by atoms with Crippen LogP contribution in [0.1, 0.15) is 66.7 Å². The van der Waals surface area contributed by atoms with Gasteiger partial charge in [0.25, 0.3) is 5.91 Å². The van der Waals surface area contributed by atoms with Crippen LogP contribution in [0.4, 0.5) is 0 Å². The average Bonchev–Trinajstić information content (AvgIpc) is 3.22. The highest BCUT2D eigenvalue weighted by Gasteiger charge is 2.59. The van der Waals surface area contributed by atoms with Gasteiger partial charge in [-0.15, -0.1) is 11.3 Å². The number of thiazole rings is 1. The Bertz CT molecular complexity index is 1380. The first kappa shape index (κ1) is 25.1. The van der Waals surface area contributed by atoms with Gasteiger partial charge in [0.2, 0.25) is 5.88 Å². The Labute approximate surface area is 227 Å². The van der Waals surface area contributed by atoms with Crippen LogP contribution in [0, 0.1) is 24.7 Å². The van der Waals surface area contributed by atoms with Crippen LogP contribution >= 0.6 is 11.3 Å².